The van der Waals surface area contributed by atoms with Crippen LogP contribution < -0.4 is 5.32 Å². The summed E-state index contributed by atoms with van der Waals surface area (Å²) in [5.41, 5.74) is 0.959. The van der Waals surface area contributed by atoms with Crippen LogP contribution >= 0.6 is 0 Å². The fourth-order valence-corrected chi connectivity index (χ4v) is 3.37. The molecule has 2 saturated heterocycles. The number of hydrogen-bond donors (Lipinski definition) is 1. The molecular formula is C20H26N2O3. The maximum Gasteiger partial charge on any atom is 0.318 e. The largest absolute Gasteiger partial charge is 0.381 e. The molecule has 1 aromatic carbocycles. The highest BCUT2D eigenvalue weighted by atomic mass is 16.5. The Hall–Kier alpha value is -2.03. The summed E-state index contributed by atoms with van der Waals surface area (Å²) in [5.74, 6) is 6.69. The van der Waals surface area contributed by atoms with Gasteiger partial charge in [0.1, 0.15) is 0 Å². The molecule has 1 aromatic rings. The number of carbonyl (C=O) groups is 1. The van der Waals surface area contributed by atoms with E-state index in [9.17, 15) is 4.79 Å². The van der Waals surface area contributed by atoms with Crippen molar-refractivity contribution in [2.24, 2.45) is 5.92 Å². The predicted octanol–water partition coefficient (Wildman–Crippen LogP) is 2.27. The maximum atomic E-state index is 12.5. The van der Waals surface area contributed by atoms with Crippen LogP contribution in [0.3, 0.4) is 0 Å². The molecule has 1 N–H and O–H groups in total. The van der Waals surface area contributed by atoms with Crippen molar-refractivity contribution < 1.29 is 14.3 Å². The third-order valence-corrected chi connectivity index (χ3v) is 4.77. The van der Waals surface area contributed by atoms with E-state index in [1.807, 2.05) is 35.2 Å². The van der Waals surface area contributed by atoms with E-state index in [4.69, 9.17) is 9.47 Å². The molecule has 1 atom stereocenters. The number of hydrogen-bond acceptors (Lipinski definition) is 3. The lowest BCUT2D eigenvalue weighted by Crippen LogP contribution is -2.53. The highest BCUT2D eigenvalue weighted by Crippen LogP contribution is 2.24. The van der Waals surface area contributed by atoms with E-state index in [-0.39, 0.29) is 12.1 Å². The van der Waals surface area contributed by atoms with Crippen molar-refractivity contribution in [2.75, 3.05) is 39.5 Å². The maximum absolute atomic E-state index is 12.5. The van der Waals surface area contributed by atoms with E-state index in [2.05, 4.69) is 17.2 Å². The summed E-state index contributed by atoms with van der Waals surface area (Å²) in [6.45, 7) is 3.90. The van der Waals surface area contributed by atoms with Crippen LogP contribution in [-0.4, -0.2) is 56.5 Å². The predicted molar refractivity (Wildman–Crippen MR) is 96.2 cm³/mol. The Kier molecular flexibility index (Phi) is 6.72. The first-order chi connectivity index (χ1) is 12.3. The number of rotatable bonds is 3. The fraction of sp³-hybridized carbons (Fsp3) is 0.550. The van der Waals surface area contributed by atoms with E-state index >= 15 is 0 Å². The first kappa shape index (κ1) is 17.8. The molecule has 0 radical (unpaired) electrons. The molecule has 0 aliphatic carbocycles. The van der Waals surface area contributed by atoms with Crippen LogP contribution in [-0.2, 0) is 9.47 Å². The van der Waals surface area contributed by atoms with E-state index in [1.165, 1.54) is 0 Å². The minimum Gasteiger partial charge on any atom is -0.381 e. The van der Waals surface area contributed by atoms with Crippen molar-refractivity contribution in [3.8, 4) is 11.8 Å². The Morgan fingerprint density at radius 1 is 1.16 bits per heavy atom. The van der Waals surface area contributed by atoms with Gasteiger partial charge in [-0.15, -0.1) is 0 Å². The summed E-state index contributed by atoms with van der Waals surface area (Å²) in [6, 6.07) is 9.90. The van der Waals surface area contributed by atoms with Crippen LogP contribution in [0.25, 0.3) is 0 Å². The highest BCUT2D eigenvalue weighted by molar-refractivity contribution is 5.75. The molecule has 0 bridgehead atoms. The Morgan fingerprint density at radius 2 is 1.96 bits per heavy atom. The first-order valence-corrected chi connectivity index (χ1v) is 9.07. The zero-order chi connectivity index (χ0) is 17.3. The Morgan fingerprint density at radius 3 is 2.76 bits per heavy atom. The van der Waals surface area contributed by atoms with Crippen LogP contribution in [0.15, 0.2) is 30.3 Å². The minimum atomic E-state index is -0.0391. The zero-order valence-corrected chi connectivity index (χ0v) is 14.6. The van der Waals surface area contributed by atoms with Crippen molar-refractivity contribution >= 4 is 6.03 Å². The zero-order valence-electron chi connectivity index (χ0n) is 14.6. The molecule has 2 amide bonds. The Balaban J connectivity index is 1.49. The number of amides is 2. The summed E-state index contributed by atoms with van der Waals surface area (Å²) in [6.07, 6.45) is 3.15. The molecule has 0 saturated carbocycles. The molecule has 2 aliphatic rings. The van der Waals surface area contributed by atoms with Gasteiger partial charge < -0.3 is 19.7 Å². The summed E-state index contributed by atoms with van der Waals surface area (Å²) < 4.78 is 11.0. The average Bonchev–Trinajstić information content (AvgIpc) is 2.67. The van der Waals surface area contributed by atoms with Gasteiger partial charge in [-0.05, 0) is 37.3 Å². The summed E-state index contributed by atoms with van der Waals surface area (Å²) >= 11 is 0. The van der Waals surface area contributed by atoms with Crippen molar-refractivity contribution in [1.82, 2.24) is 10.2 Å². The molecule has 1 unspecified atom stereocenters. The molecule has 2 fully saturated rings. The highest BCUT2D eigenvalue weighted by Gasteiger charge is 2.29. The van der Waals surface area contributed by atoms with Crippen LogP contribution in [0.4, 0.5) is 4.79 Å². The Bertz CT molecular complexity index is 602. The van der Waals surface area contributed by atoms with Crippen molar-refractivity contribution in [1.29, 1.82) is 0 Å². The van der Waals surface area contributed by atoms with Crippen molar-refractivity contribution in [2.45, 2.75) is 25.3 Å². The smallest absolute Gasteiger partial charge is 0.318 e. The first-order valence-electron chi connectivity index (χ1n) is 9.07. The summed E-state index contributed by atoms with van der Waals surface area (Å²) in [4.78, 5) is 14.4. The van der Waals surface area contributed by atoms with E-state index < -0.39 is 0 Å². The molecule has 3 rings (SSSR count). The van der Waals surface area contributed by atoms with Gasteiger partial charge in [-0.3, -0.25) is 0 Å². The van der Waals surface area contributed by atoms with Gasteiger partial charge in [0.2, 0.25) is 0 Å². The standard InChI is InChI=1S/C20H26N2O3/c23-20(21-10-4-7-17-5-2-1-3-6-17)22-11-14-25-16-19(22)15-18-8-12-24-13-9-18/h1-3,5-6,18-19H,8-16H2,(H,21,23). The van der Waals surface area contributed by atoms with Crippen LogP contribution in [0.2, 0.25) is 0 Å². The molecule has 0 aromatic heterocycles. The number of benzene rings is 1. The van der Waals surface area contributed by atoms with Crippen LogP contribution in [0.1, 0.15) is 24.8 Å². The third kappa shape index (κ3) is 5.48. The van der Waals surface area contributed by atoms with Gasteiger partial charge in [-0.25, -0.2) is 4.79 Å². The van der Waals surface area contributed by atoms with Gasteiger partial charge in [0, 0.05) is 25.3 Å². The topological polar surface area (TPSA) is 50.8 Å². The van der Waals surface area contributed by atoms with Gasteiger partial charge >= 0.3 is 6.03 Å². The number of nitrogens with one attached hydrogen (secondary N) is 1. The quantitative estimate of drug-likeness (QED) is 0.858. The fourth-order valence-electron chi connectivity index (χ4n) is 3.37. The van der Waals surface area contributed by atoms with Crippen LogP contribution in [0.5, 0.6) is 0 Å². The van der Waals surface area contributed by atoms with E-state index in [0.717, 1.165) is 38.0 Å². The molecule has 2 heterocycles. The van der Waals surface area contributed by atoms with E-state index in [0.29, 0.717) is 32.2 Å². The number of urea groups is 1. The second kappa shape index (κ2) is 9.45. The average molecular weight is 342 g/mol. The van der Waals surface area contributed by atoms with E-state index in [1.54, 1.807) is 0 Å². The van der Waals surface area contributed by atoms with Crippen LogP contribution in [0, 0.1) is 17.8 Å². The Labute approximate surface area is 149 Å². The number of nitrogens with zero attached hydrogens (tertiary/aromatic N) is 1. The lowest BCUT2D eigenvalue weighted by atomic mass is 9.92. The van der Waals surface area contributed by atoms with Gasteiger partial charge in [-0.1, -0.05) is 30.0 Å². The van der Waals surface area contributed by atoms with Gasteiger partial charge in [0.15, 0.2) is 0 Å². The molecule has 2 aliphatic heterocycles. The van der Waals surface area contributed by atoms with Gasteiger partial charge in [0.05, 0.1) is 25.8 Å². The normalized spacial score (nSPS) is 21.3. The number of carbonyl (C=O) groups excluding carboxylic acids is 1. The number of morpholine rings is 1. The molecular weight excluding hydrogens is 316 g/mol. The molecule has 5 nitrogen and oxygen atoms in total. The third-order valence-electron chi connectivity index (χ3n) is 4.77. The summed E-state index contributed by atoms with van der Waals surface area (Å²) in [5, 5.41) is 2.92. The monoisotopic (exact) mass is 342 g/mol. The number of ether oxygens (including phenoxy) is 2. The summed E-state index contributed by atoms with van der Waals surface area (Å²) in [7, 11) is 0. The molecule has 5 heteroatoms. The second-order valence-electron chi connectivity index (χ2n) is 6.54. The second-order valence-corrected chi connectivity index (χ2v) is 6.54. The lowest BCUT2D eigenvalue weighted by Gasteiger charge is -2.38. The SMILES string of the molecule is O=C(NCC#Cc1ccccc1)N1CCOCC1CC1CCOCC1. The molecule has 134 valence electrons. The van der Waals surface area contributed by atoms with Gasteiger partial charge in [0.25, 0.3) is 0 Å². The molecule has 25 heavy (non-hydrogen) atoms. The van der Waals surface area contributed by atoms with Crippen molar-refractivity contribution in [3.63, 3.8) is 0 Å². The van der Waals surface area contributed by atoms with Gasteiger partial charge in [-0.2, -0.15) is 0 Å². The molecule has 0 spiro atoms. The lowest BCUT2D eigenvalue weighted by molar-refractivity contribution is -0.00726. The minimum absolute atomic E-state index is 0.0391. The van der Waals surface area contributed by atoms with Crippen molar-refractivity contribution in [3.05, 3.63) is 35.9 Å².